The van der Waals surface area contributed by atoms with Crippen molar-refractivity contribution in [2.24, 2.45) is 0 Å². The number of carboxylic acids is 2. The van der Waals surface area contributed by atoms with Crippen molar-refractivity contribution in [3.8, 4) is 0 Å². The van der Waals surface area contributed by atoms with Crippen LogP contribution in [0.5, 0.6) is 0 Å². The summed E-state index contributed by atoms with van der Waals surface area (Å²) < 4.78 is 13.9. The highest BCUT2D eigenvalue weighted by atomic mass is 16.5. The maximum atomic E-state index is 13.6. The third kappa shape index (κ3) is 9.35. The number of Topliss-reactive ketones (excluding diaryl/α,β-unsaturated/α-hetero) is 2. The van der Waals surface area contributed by atoms with Crippen LogP contribution in [0.25, 0.3) is 0 Å². The lowest BCUT2D eigenvalue weighted by molar-refractivity contribution is -0.428. The Hall–Kier alpha value is -8.92. The molecule has 16 heteroatoms. The van der Waals surface area contributed by atoms with Crippen molar-refractivity contribution in [1.82, 2.24) is 0 Å². The molecule has 4 aromatic rings. The van der Waals surface area contributed by atoms with Gasteiger partial charge in [-0.3, -0.25) is 19.2 Å². The highest BCUT2D eigenvalue weighted by Gasteiger charge is 2.49. The van der Waals surface area contributed by atoms with E-state index in [1.54, 1.807) is 35.5 Å². The van der Waals surface area contributed by atoms with Gasteiger partial charge in [-0.05, 0) is 77.0 Å². The average Bonchev–Trinajstić information content (AvgIpc) is 4.15. The van der Waals surface area contributed by atoms with Crippen molar-refractivity contribution < 1.29 is 67.8 Å². The minimum Gasteiger partial charge on any atom is -0.871 e. The predicted octanol–water partition coefficient (Wildman–Crippen LogP) is 7.03. The molecule has 80 heavy (non-hydrogen) atoms. The molecule has 10 rings (SSSR count). The van der Waals surface area contributed by atoms with Crippen LogP contribution in [-0.4, -0.2) is 106 Å². The second kappa shape index (κ2) is 20.7. The number of hydrogen-bond acceptors (Lipinski definition) is 12. The topological polar surface area (TPSA) is 220 Å². The molecule has 4 aromatic carbocycles. The first kappa shape index (κ1) is 55.8. The predicted molar refractivity (Wildman–Crippen MR) is 297 cm³/mol. The van der Waals surface area contributed by atoms with Crippen LogP contribution in [0, 0.1) is 0 Å². The summed E-state index contributed by atoms with van der Waals surface area (Å²) in [4.78, 5) is 78.7. The Balaban J connectivity index is 0.000000195. The van der Waals surface area contributed by atoms with Crippen LogP contribution in [0.2, 0.25) is 0 Å². The van der Waals surface area contributed by atoms with E-state index in [-0.39, 0.29) is 73.2 Å². The number of ketones is 2. The van der Waals surface area contributed by atoms with E-state index < -0.39 is 57.1 Å². The zero-order chi connectivity index (χ0) is 58.0. The van der Waals surface area contributed by atoms with E-state index in [4.69, 9.17) is 9.47 Å². The Morgan fingerprint density at radius 2 is 0.875 bits per heavy atom. The molecular weight excluding hydrogens is 1020 g/mol. The second-order valence-corrected chi connectivity index (χ2v) is 22.4. The van der Waals surface area contributed by atoms with Crippen LogP contribution < -0.4 is 20.0 Å². The van der Waals surface area contributed by atoms with Crippen molar-refractivity contribution in [2.45, 2.75) is 90.9 Å². The molecule has 6 aliphatic rings. The molecule has 0 radical (unpaired) electrons. The number of benzene rings is 4. The number of rotatable bonds is 14. The first-order chi connectivity index (χ1) is 37.8. The fourth-order valence-electron chi connectivity index (χ4n) is 12.0. The van der Waals surface area contributed by atoms with Gasteiger partial charge >= 0.3 is 23.9 Å². The number of esters is 2. The molecule has 0 spiro atoms. The van der Waals surface area contributed by atoms with E-state index in [0.717, 1.165) is 45.0 Å². The Bertz CT molecular complexity index is 3650. The van der Waals surface area contributed by atoms with Gasteiger partial charge in [0.1, 0.15) is 13.1 Å². The van der Waals surface area contributed by atoms with Crippen LogP contribution in [0.3, 0.4) is 0 Å². The maximum absolute atomic E-state index is 13.6. The van der Waals surface area contributed by atoms with Gasteiger partial charge in [-0.1, -0.05) is 112 Å². The van der Waals surface area contributed by atoms with Crippen molar-refractivity contribution in [1.29, 1.82) is 0 Å². The smallest absolute Gasteiger partial charge is 0.372 e. The summed E-state index contributed by atoms with van der Waals surface area (Å²) in [6.45, 7) is 19.1. The molecule has 16 nitrogen and oxygen atoms in total. The molecular formula is C64H64N4O12. The minimum atomic E-state index is -1.03. The fraction of sp³-hybridized carbons (Fsp3) is 0.312. The van der Waals surface area contributed by atoms with E-state index in [9.17, 15) is 49.2 Å². The monoisotopic (exact) mass is 1080 g/mol. The largest absolute Gasteiger partial charge is 0.871 e. The van der Waals surface area contributed by atoms with Gasteiger partial charge in [0.25, 0.3) is 0 Å². The molecule has 0 atom stereocenters. The number of fused-ring (bicyclic) bond motifs is 4. The summed E-state index contributed by atoms with van der Waals surface area (Å²) in [5, 5.41) is 46.0. The molecule has 0 amide bonds. The number of carboxylic acid groups (broad SMARTS) is 2. The molecule has 0 aromatic heterocycles. The summed E-state index contributed by atoms with van der Waals surface area (Å²) in [5.74, 6) is -4.48. The summed E-state index contributed by atoms with van der Waals surface area (Å²) in [6, 6.07) is 30.3. The van der Waals surface area contributed by atoms with Crippen molar-refractivity contribution in [3.63, 3.8) is 0 Å². The lowest BCUT2D eigenvalue weighted by Gasteiger charge is -2.32. The minimum absolute atomic E-state index is 0.0128. The van der Waals surface area contributed by atoms with Gasteiger partial charge in [0, 0.05) is 91.3 Å². The SMILES string of the molecule is CC1(C)C(=CC2=C([O-])C(=CC3=[N+](CC(=O)O)c4ccccc4C3(C)C)C2=O)N(CC(=O)O)c2ccccc21.CCOC(=O)CN1C(=CC2=C([O-])C(=CC3=[N+](CC(=O)OCC)c4ccccc4C3(C)C)C2=O)C(C)(C)c2ccccc21. The summed E-state index contributed by atoms with van der Waals surface area (Å²) >= 11 is 0. The van der Waals surface area contributed by atoms with E-state index >= 15 is 0 Å². The molecule has 4 heterocycles. The summed E-state index contributed by atoms with van der Waals surface area (Å²) in [5.41, 5.74) is 7.16. The number of aliphatic carboxylic acids is 2. The average molecular weight is 1080 g/mol. The molecule has 2 aliphatic carbocycles. The highest BCUT2D eigenvalue weighted by molar-refractivity contribution is 6.25. The molecule has 0 saturated heterocycles. The highest BCUT2D eigenvalue weighted by Crippen LogP contribution is 2.51. The lowest BCUT2D eigenvalue weighted by atomic mass is 9.77. The van der Waals surface area contributed by atoms with Crippen molar-refractivity contribution in [2.75, 3.05) is 49.2 Å². The maximum Gasteiger partial charge on any atom is 0.372 e. The van der Waals surface area contributed by atoms with Crippen LogP contribution in [0.15, 0.2) is 167 Å². The van der Waals surface area contributed by atoms with Crippen LogP contribution in [-0.2, 0) is 59.9 Å². The molecule has 0 saturated carbocycles. The molecule has 0 fully saturated rings. The molecule has 0 unspecified atom stereocenters. The van der Waals surface area contributed by atoms with Crippen molar-refractivity contribution in [3.05, 3.63) is 189 Å². The Morgan fingerprint density at radius 3 is 1.27 bits per heavy atom. The number of hydrogen-bond donors (Lipinski definition) is 2. The number of nitrogens with zero attached hydrogens (tertiary/aromatic N) is 4. The number of carbonyl (C=O) groups excluding carboxylic acids is 4. The summed E-state index contributed by atoms with van der Waals surface area (Å²) in [7, 11) is 0. The Morgan fingerprint density at radius 1 is 0.500 bits per heavy atom. The van der Waals surface area contributed by atoms with Gasteiger partial charge in [-0.15, -0.1) is 0 Å². The number of para-hydroxylation sites is 4. The van der Waals surface area contributed by atoms with Crippen LogP contribution in [0.1, 0.15) is 91.5 Å². The van der Waals surface area contributed by atoms with Crippen LogP contribution >= 0.6 is 0 Å². The van der Waals surface area contributed by atoms with Gasteiger partial charge in [0.2, 0.25) is 24.5 Å². The van der Waals surface area contributed by atoms with E-state index in [0.29, 0.717) is 22.8 Å². The molecule has 0 bridgehead atoms. The number of allylic oxidation sites excluding steroid dienone is 10. The zero-order valence-corrected chi connectivity index (χ0v) is 46.6. The first-order valence-electron chi connectivity index (χ1n) is 26.6. The number of anilines is 2. The van der Waals surface area contributed by atoms with E-state index in [1.807, 2.05) is 162 Å². The second-order valence-electron chi connectivity index (χ2n) is 22.4. The van der Waals surface area contributed by atoms with Gasteiger partial charge in [-0.25, -0.2) is 9.59 Å². The number of ether oxygens (including phenoxy) is 2. The molecule has 4 aliphatic heterocycles. The van der Waals surface area contributed by atoms with Gasteiger partial charge in [0.15, 0.2) is 23.0 Å². The third-order valence-electron chi connectivity index (χ3n) is 16.1. The van der Waals surface area contributed by atoms with E-state index in [2.05, 4.69) is 0 Å². The number of carbonyl (C=O) groups is 6. The van der Waals surface area contributed by atoms with Gasteiger partial charge in [0.05, 0.1) is 24.0 Å². The summed E-state index contributed by atoms with van der Waals surface area (Å²) in [6.07, 6.45) is 6.27. The standard InChI is InChI=1S/C34H36N2O6.C30H28N2O6/c1-7-41-29(37)19-35-25-15-11-9-13-23(25)33(3,4)27(35)17-21-31(39)22(32(21)40)18-28-34(5,6)24-14-10-12-16-26(24)36(28)20-30(38)42-8-2;1-29(2)19-9-5-7-11-21(19)31(15-25(33)34)23(29)13-17-27(37)18(28(17)38)14-24-30(3,4)20-10-6-8-12-22(20)32(24)16-26(35)36/h9-18H,7-8,19-20H2,1-6H3;5-14H,15-16H2,1-4H3,(H2-,33,34,35,36,37,38). The molecule has 2 N–H and O–H groups in total. The van der Waals surface area contributed by atoms with Gasteiger partial charge < -0.3 is 39.7 Å². The first-order valence-corrected chi connectivity index (χ1v) is 26.6. The normalized spacial score (nSPS) is 20.6. The zero-order valence-electron chi connectivity index (χ0n) is 46.6. The third-order valence-corrected chi connectivity index (χ3v) is 16.1. The quantitative estimate of drug-likeness (QED) is 0.0736. The van der Waals surface area contributed by atoms with Gasteiger partial charge in [-0.2, -0.15) is 9.15 Å². The Kier molecular flexibility index (Phi) is 14.4. The fourth-order valence-corrected chi connectivity index (χ4v) is 12.0. The lowest BCUT2D eigenvalue weighted by Crippen LogP contribution is -2.36. The van der Waals surface area contributed by atoms with Crippen molar-refractivity contribution >= 4 is 69.6 Å². The molecule has 412 valence electrons. The van der Waals surface area contributed by atoms with Crippen LogP contribution in [0.4, 0.5) is 22.7 Å². The van der Waals surface area contributed by atoms with E-state index in [1.165, 1.54) is 12.2 Å². The Labute approximate surface area is 464 Å².